The van der Waals surface area contributed by atoms with E-state index in [4.69, 9.17) is 54.9 Å². The Morgan fingerprint density at radius 1 is 0.275 bits per heavy atom. The predicted octanol–water partition coefficient (Wildman–Crippen LogP) is 7.77. The molecule has 0 N–H and O–H groups in total. The van der Waals surface area contributed by atoms with Gasteiger partial charge in [-0.1, -0.05) is 185 Å². The van der Waals surface area contributed by atoms with Crippen LogP contribution in [0.2, 0.25) is 0 Å². The smallest absolute Gasteiger partial charge is 0.115 e. The lowest BCUT2D eigenvalue weighted by atomic mass is 9.64. The molecule has 9 heteroatoms. The quantitative estimate of drug-likeness (QED) is 0.145. The molecule has 0 saturated carbocycles. The van der Waals surface area contributed by atoms with Crippen LogP contribution in [0.25, 0.3) is 111 Å². The maximum atomic E-state index is 7.51. The van der Waals surface area contributed by atoms with Crippen LogP contribution in [0.3, 0.4) is 0 Å². The topological polar surface area (TPSA) is 9.86 Å². The van der Waals surface area contributed by atoms with Crippen molar-refractivity contribution < 1.29 is 0 Å². The second kappa shape index (κ2) is 16.8. The van der Waals surface area contributed by atoms with Crippen molar-refractivity contribution in [2.24, 2.45) is 0 Å². The molecule has 10 aromatic carbocycles. The second-order valence-electron chi connectivity index (χ2n) is 17.6. The van der Waals surface area contributed by atoms with Crippen molar-refractivity contribution in [1.82, 2.24) is 9.13 Å². The molecular weight excluding hydrogens is 824 g/mol. The molecule has 0 bridgehead atoms. The lowest BCUT2D eigenvalue weighted by Crippen LogP contribution is -2.48. The third-order valence-corrected chi connectivity index (χ3v) is 13.7. The van der Waals surface area contributed by atoms with E-state index >= 15 is 0 Å². The Morgan fingerprint density at radius 3 is 1.35 bits per heavy atom. The van der Waals surface area contributed by atoms with Crippen LogP contribution in [0.4, 0.5) is 0 Å². The molecule has 0 amide bonds. The highest BCUT2D eigenvalue weighted by Gasteiger charge is 2.26. The first-order valence-corrected chi connectivity index (χ1v) is 22.8. The Bertz CT molecular complexity index is 4000. The molecule has 304 valence electrons. The van der Waals surface area contributed by atoms with Gasteiger partial charge in [0.1, 0.15) is 54.9 Å². The third kappa shape index (κ3) is 6.81. The van der Waals surface area contributed by atoms with Crippen molar-refractivity contribution in [2.45, 2.75) is 0 Å². The summed E-state index contributed by atoms with van der Waals surface area (Å²) in [6.07, 6.45) is 0. The largest absolute Gasteiger partial charge is 0.310 e. The Kier molecular flexibility index (Phi) is 10.4. The van der Waals surface area contributed by atoms with Gasteiger partial charge < -0.3 is 9.13 Å². The first-order valence-electron chi connectivity index (χ1n) is 22.8. The average Bonchev–Trinajstić information content (AvgIpc) is 3.94. The summed E-state index contributed by atoms with van der Waals surface area (Å²) in [5.41, 5.74) is 16.7. The second-order valence-corrected chi connectivity index (χ2v) is 17.6. The molecule has 69 heavy (non-hydrogen) atoms. The molecule has 2 aromatic heterocycles. The van der Waals surface area contributed by atoms with Crippen LogP contribution >= 0.6 is 0 Å². The molecule has 14 radical (unpaired) electrons. The highest BCUT2D eigenvalue weighted by Crippen LogP contribution is 2.40. The van der Waals surface area contributed by atoms with E-state index in [0.29, 0.717) is 43.8 Å². The van der Waals surface area contributed by atoms with Gasteiger partial charge in [0, 0.05) is 38.4 Å². The normalized spacial score (nSPS) is 11.6. The highest BCUT2D eigenvalue weighted by atomic mass is 15.0. The predicted molar refractivity (Wildman–Crippen MR) is 300 cm³/mol. The van der Waals surface area contributed by atoms with Crippen molar-refractivity contribution in [3.8, 4) is 67.0 Å². The van der Waals surface area contributed by atoms with E-state index in [9.17, 15) is 0 Å². The van der Waals surface area contributed by atoms with Crippen LogP contribution < -0.4 is 38.2 Å². The van der Waals surface area contributed by atoms with Crippen LogP contribution in [0, 0.1) is 0 Å². The SMILES string of the molecule is [B]c1c([B])c([B])c2c(c1[B])c1c([B])c(-c3ccc4c(c3)c3ccc(-c5ccccc5)cc3n4-c3ccc(-c4ccccc4)cc3)c([B])c([B])c1n2-c1ccc(-c2ccccc2)cc1-c1ccccc1. The van der Waals surface area contributed by atoms with Crippen molar-refractivity contribution in [1.29, 1.82) is 0 Å². The minimum absolute atomic E-state index is 0.166. The summed E-state index contributed by atoms with van der Waals surface area (Å²) in [4.78, 5) is 0. The molecule has 0 fully saturated rings. The maximum absolute atomic E-state index is 7.51. The van der Waals surface area contributed by atoms with Gasteiger partial charge in [-0.3, -0.25) is 0 Å². The van der Waals surface area contributed by atoms with Crippen molar-refractivity contribution >= 4 is 137 Å². The van der Waals surface area contributed by atoms with Gasteiger partial charge in [0.15, 0.2) is 0 Å². The molecule has 0 unspecified atom stereocenters. The lowest BCUT2D eigenvalue weighted by molar-refractivity contribution is 1.18. The van der Waals surface area contributed by atoms with Gasteiger partial charge in [0.2, 0.25) is 0 Å². The zero-order chi connectivity index (χ0) is 47.1. The Labute approximate surface area is 410 Å². The van der Waals surface area contributed by atoms with Gasteiger partial charge in [0.05, 0.1) is 16.7 Å². The Hall–Kier alpha value is -7.75. The van der Waals surface area contributed by atoms with E-state index < -0.39 is 0 Å². The number of benzene rings is 10. The minimum Gasteiger partial charge on any atom is -0.310 e. The summed E-state index contributed by atoms with van der Waals surface area (Å²) in [5, 5.41) is 3.19. The fourth-order valence-corrected chi connectivity index (χ4v) is 10.3. The van der Waals surface area contributed by atoms with Gasteiger partial charge in [-0.2, -0.15) is 0 Å². The van der Waals surface area contributed by atoms with E-state index in [1.165, 1.54) is 0 Å². The highest BCUT2D eigenvalue weighted by molar-refractivity contribution is 6.69. The maximum Gasteiger partial charge on any atom is 0.115 e. The standard InChI is InChI=1S/C60H33B7N2/c61-52-49(41-25-30-47-45(32-41)43-28-23-40(36-17-9-3-10-18-36)33-48(43)68(47)42-26-21-37(22-27-42)34-13-5-1-6-14-34)53(62)57(66)59-50(52)51-54(63)55(64)56(65)58(67)60(51)69(59)46-29-24-39(35-15-7-2-8-16-35)31-44(46)38-19-11-4-12-20-38/h1-33H. The van der Waals surface area contributed by atoms with Gasteiger partial charge in [0.25, 0.3) is 0 Å². The molecule has 0 atom stereocenters. The molecule has 12 aromatic rings. The summed E-state index contributed by atoms with van der Waals surface area (Å²) < 4.78 is 4.32. The Morgan fingerprint density at radius 2 is 0.739 bits per heavy atom. The molecule has 2 heterocycles. The van der Waals surface area contributed by atoms with Crippen molar-refractivity contribution in [3.05, 3.63) is 200 Å². The van der Waals surface area contributed by atoms with Gasteiger partial charge in [-0.05, 0) is 97.9 Å². The van der Waals surface area contributed by atoms with E-state index in [1.807, 2.05) is 53.1 Å². The first kappa shape index (κ1) is 42.6. The van der Waals surface area contributed by atoms with E-state index in [1.54, 1.807) is 0 Å². The number of hydrogen-bond donors (Lipinski definition) is 0. The molecule has 0 aliphatic heterocycles. The summed E-state index contributed by atoms with van der Waals surface area (Å²) in [6.45, 7) is 0. The van der Waals surface area contributed by atoms with Gasteiger partial charge >= 0.3 is 0 Å². The molecule has 0 aliphatic rings. The van der Waals surface area contributed by atoms with Crippen molar-refractivity contribution in [3.63, 3.8) is 0 Å². The average molecular weight is 858 g/mol. The summed E-state index contributed by atoms with van der Waals surface area (Å²) >= 11 is 0. The molecule has 12 rings (SSSR count). The molecule has 0 saturated heterocycles. The van der Waals surface area contributed by atoms with Crippen molar-refractivity contribution in [2.75, 3.05) is 0 Å². The Balaban J connectivity index is 1.12. The third-order valence-electron chi connectivity index (χ3n) is 13.7. The zero-order valence-electron chi connectivity index (χ0n) is 37.5. The monoisotopic (exact) mass is 858 g/mol. The number of rotatable bonds is 7. The number of aromatic nitrogens is 2. The van der Waals surface area contributed by atoms with Crippen LogP contribution in [-0.2, 0) is 0 Å². The van der Waals surface area contributed by atoms with E-state index in [2.05, 4.69) is 156 Å². The van der Waals surface area contributed by atoms with Gasteiger partial charge in [-0.25, -0.2) is 0 Å². The molecule has 2 nitrogen and oxygen atoms in total. The number of nitrogens with zero attached hydrogens (tertiary/aromatic N) is 2. The fourth-order valence-electron chi connectivity index (χ4n) is 10.3. The first-order chi connectivity index (χ1) is 33.7. The summed E-state index contributed by atoms with van der Waals surface area (Å²) in [7, 11) is 49.6. The summed E-state index contributed by atoms with van der Waals surface area (Å²) in [5.74, 6) is 0. The molecule has 0 aliphatic carbocycles. The lowest BCUT2D eigenvalue weighted by Gasteiger charge is -2.21. The number of hydrogen-bond acceptors (Lipinski definition) is 0. The van der Waals surface area contributed by atoms with Crippen LogP contribution in [0.1, 0.15) is 0 Å². The van der Waals surface area contributed by atoms with Crippen LogP contribution in [-0.4, -0.2) is 64.1 Å². The number of fused-ring (bicyclic) bond motifs is 6. The minimum atomic E-state index is 0.166. The summed E-state index contributed by atoms with van der Waals surface area (Å²) in [6, 6.07) is 69.2. The fraction of sp³-hybridized carbons (Fsp3) is 0. The van der Waals surface area contributed by atoms with Gasteiger partial charge in [-0.15, -0.1) is 10.9 Å². The van der Waals surface area contributed by atoms with E-state index in [0.717, 1.165) is 83.3 Å². The zero-order valence-corrected chi connectivity index (χ0v) is 37.5. The molecule has 0 spiro atoms. The van der Waals surface area contributed by atoms with E-state index in [-0.39, 0.29) is 21.9 Å². The molecular formula is C60H33B7N2. The van der Waals surface area contributed by atoms with Crippen LogP contribution in [0.15, 0.2) is 200 Å². The van der Waals surface area contributed by atoms with Crippen LogP contribution in [0.5, 0.6) is 0 Å².